The standard InChI is InChI=1S/C18H12F2N4OS/c19-12-2-1-3-13(20)17(12)24-14-8-9-22-18(25)15(14)16(23-24)10-4-6-11(26-21)7-5-10/h1-9H,21H2,(H,22,25). The number of H-pyrrole nitrogens is 1. The molecule has 0 radical (unpaired) electrons. The van der Waals surface area contributed by atoms with Crippen LogP contribution in [-0.4, -0.2) is 14.8 Å². The van der Waals surface area contributed by atoms with Crippen LogP contribution < -0.4 is 10.7 Å². The summed E-state index contributed by atoms with van der Waals surface area (Å²) in [6.07, 6.45) is 1.42. The third kappa shape index (κ3) is 2.59. The molecule has 2 aromatic carbocycles. The molecule has 130 valence electrons. The van der Waals surface area contributed by atoms with Crippen LogP contribution in [0.3, 0.4) is 0 Å². The number of nitrogens with zero attached hydrogens (tertiary/aromatic N) is 2. The second-order valence-electron chi connectivity index (χ2n) is 5.54. The van der Waals surface area contributed by atoms with Crippen molar-refractivity contribution in [2.24, 2.45) is 5.14 Å². The molecule has 0 atom stereocenters. The maximum Gasteiger partial charge on any atom is 0.259 e. The van der Waals surface area contributed by atoms with E-state index in [-0.39, 0.29) is 11.1 Å². The lowest BCUT2D eigenvalue weighted by Gasteiger charge is -2.06. The van der Waals surface area contributed by atoms with E-state index in [1.54, 1.807) is 30.3 Å². The molecule has 3 N–H and O–H groups in total. The zero-order valence-electron chi connectivity index (χ0n) is 13.2. The van der Waals surface area contributed by atoms with Crippen LogP contribution in [0, 0.1) is 11.6 Å². The Kier molecular flexibility index (Phi) is 4.06. The van der Waals surface area contributed by atoms with Gasteiger partial charge in [-0.05, 0) is 42.3 Å². The van der Waals surface area contributed by atoms with E-state index < -0.39 is 17.2 Å². The van der Waals surface area contributed by atoms with Gasteiger partial charge in [0.1, 0.15) is 11.4 Å². The van der Waals surface area contributed by atoms with Gasteiger partial charge in [-0.25, -0.2) is 13.5 Å². The summed E-state index contributed by atoms with van der Waals surface area (Å²) < 4.78 is 29.7. The van der Waals surface area contributed by atoms with Crippen molar-refractivity contribution in [2.75, 3.05) is 0 Å². The van der Waals surface area contributed by atoms with Crippen LogP contribution in [0.5, 0.6) is 0 Å². The zero-order chi connectivity index (χ0) is 18.3. The Hall–Kier alpha value is -2.97. The van der Waals surface area contributed by atoms with Gasteiger partial charge >= 0.3 is 0 Å². The lowest BCUT2D eigenvalue weighted by atomic mass is 10.1. The highest BCUT2D eigenvalue weighted by atomic mass is 32.2. The van der Waals surface area contributed by atoms with Crippen molar-refractivity contribution in [3.8, 4) is 16.9 Å². The fraction of sp³-hybridized carbons (Fsp3) is 0. The summed E-state index contributed by atoms with van der Waals surface area (Å²) in [5.41, 5.74) is 0.560. The summed E-state index contributed by atoms with van der Waals surface area (Å²) in [4.78, 5) is 15.8. The van der Waals surface area contributed by atoms with Crippen molar-refractivity contribution < 1.29 is 8.78 Å². The van der Waals surface area contributed by atoms with E-state index in [0.29, 0.717) is 16.8 Å². The normalized spacial score (nSPS) is 11.2. The lowest BCUT2D eigenvalue weighted by Crippen LogP contribution is -2.06. The molecule has 0 amide bonds. The molecular weight excluding hydrogens is 358 g/mol. The first-order valence-corrected chi connectivity index (χ1v) is 8.50. The highest BCUT2D eigenvalue weighted by molar-refractivity contribution is 7.97. The Labute approximate surface area is 150 Å². The van der Waals surface area contributed by atoms with Crippen LogP contribution >= 0.6 is 11.9 Å². The molecule has 5 nitrogen and oxygen atoms in total. The smallest absolute Gasteiger partial charge is 0.259 e. The second kappa shape index (κ2) is 6.40. The van der Waals surface area contributed by atoms with E-state index in [2.05, 4.69) is 10.1 Å². The number of aromatic nitrogens is 3. The highest BCUT2D eigenvalue weighted by Crippen LogP contribution is 2.30. The monoisotopic (exact) mass is 370 g/mol. The third-order valence-corrected chi connectivity index (χ3v) is 4.56. The first-order valence-electron chi connectivity index (χ1n) is 7.62. The first-order chi connectivity index (χ1) is 12.6. The second-order valence-corrected chi connectivity index (χ2v) is 6.25. The van der Waals surface area contributed by atoms with Gasteiger partial charge in [0.2, 0.25) is 0 Å². The molecule has 2 aromatic heterocycles. The molecule has 0 fully saturated rings. The van der Waals surface area contributed by atoms with Crippen LogP contribution in [0.25, 0.3) is 27.8 Å². The molecule has 4 aromatic rings. The highest BCUT2D eigenvalue weighted by Gasteiger charge is 2.20. The Morgan fingerprint density at radius 3 is 2.38 bits per heavy atom. The van der Waals surface area contributed by atoms with Gasteiger partial charge in [0.25, 0.3) is 5.56 Å². The van der Waals surface area contributed by atoms with Crippen molar-refractivity contribution in [1.82, 2.24) is 14.8 Å². The minimum atomic E-state index is -0.767. The van der Waals surface area contributed by atoms with E-state index in [1.165, 1.54) is 12.3 Å². The van der Waals surface area contributed by atoms with Gasteiger partial charge in [0.05, 0.1) is 10.9 Å². The summed E-state index contributed by atoms with van der Waals surface area (Å²) in [5, 5.41) is 10.1. The molecule has 26 heavy (non-hydrogen) atoms. The van der Waals surface area contributed by atoms with Crippen LogP contribution in [-0.2, 0) is 0 Å². The number of benzene rings is 2. The molecule has 0 aliphatic rings. The number of pyridine rings is 1. The van der Waals surface area contributed by atoms with Crippen molar-refractivity contribution in [3.05, 3.63) is 76.7 Å². The molecule has 0 bridgehead atoms. The predicted molar refractivity (Wildman–Crippen MR) is 97.1 cm³/mol. The van der Waals surface area contributed by atoms with Crippen LogP contribution in [0.15, 0.2) is 64.4 Å². The minimum Gasteiger partial charge on any atom is -0.328 e. The summed E-state index contributed by atoms with van der Waals surface area (Å²) >= 11 is 1.09. The number of fused-ring (bicyclic) bond motifs is 1. The average molecular weight is 370 g/mol. The maximum atomic E-state index is 14.3. The van der Waals surface area contributed by atoms with Crippen LogP contribution in [0.2, 0.25) is 0 Å². The Morgan fingerprint density at radius 2 is 1.73 bits per heavy atom. The minimum absolute atomic E-state index is 0.253. The van der Waals surface area contributed by atoms with Crippen LogP contribution in [0.4, 0.5) is 8.78 Å². The van der Waals surface area contributed by atoms with Gasteiger partial charge in [-0.1, -0.05) is 18.2 Å². The molecule has 0 unspecified atom stereocenters. The van der Waals surface area contributed by atoms with Gasteiger partial charge in [0, 0.05) is 16.7 Å². The SMILES string of the molecule is NSc1ccc(-c2nn(-c3c(F)cccc3F)c3cc[nH]c(=O)c23)cc1. The number of nitrogens with two attached hydrogens (primary N) is 1. The van der Waals surface area contributed by atoms with Gasteiger partial charge in [-0.15, -0.1) is 0 Å². The van der Waals surface area contributed by atoms with E-state index in [9.17, 15) is 13.6 Å². The summed E-state index contributed by atoms with van der Waals surface area (Å²) in [5.74, 6) is -1.53. The van der Waals surface area contributed by atoms with Crippen LogP contribution in [0.1, 0.15) is 0 Å². The molecule has 4 rings (SSSR count). The average Bonchev–Trinajstić information content (AvgIpc) is 3.02. The summed E-state index contributed by atoms with van der Waals surface area (Å²) in [6.45, 7) is 0. The Bertz CT molecular complexity index is 1150. The van der Waals surface area contributed by atoms with E-state index in [1.807, 2.05) is 0 Å². The zero-order valence-corrected chi connectivity index (χ0v) is 14.1. The molecule has 8 heteroatoms. The van der Waals surface area contributed by atoms with Gasteiger partial charge in [-0.2, -0.15) is 5.10 Å². The number of hydrogen-bond donors (Lipinski definition) is 2. The first kappa shape index (κ1) is 16.5. The topological polar surface area (TPSA) is 76.7 Å². The van der Waals surface area contributed by atoms with E-state index >= 15 is 0 Å². The van der Waals surface area contributed by atoms with Crippen molar-refractivity contribution in [1.29, 1.82) is 0 Å². The molecular formula is C18H12F2N4OS. The summed E-state index contributed by atoms with van der Waals surface area (Å²) in [7, 11) is 0. The Balaban J connectivity index is 2.05. The number of para-hydroxylation sites is 1. The third-order valence-electron chi connectivity index (χ3n) is 4.02. The lowest BCUT2D eigenvalue weighted by molar-refractivity contribution is 0.563. The summed E-state index contributed by atoms with van der Waals surface area (Å²) in [6, 6.07) is 12.2. The molecule has 2 heterocycles. The maximum absolute atomic E-state index is 14.3. The van der Waals surface area contributed by atoms with Gasteiger partial charge in [-0.3, -0.25) is 9.93 Å². The predicted octanol–water partition coefficient (Wildman–Crippen LogP) is 3.62. The van der Waals surface area contributed by atoms with Crippen molar-refractivity contribution in [3.63, 3.8) is 0 Å². The van der Waals surface area contributed by atoms with Gasteiger partial charge < -0.3 is 4.98 Å². The van der Waals surface area contributed by atoms with Crippen molar-refractivity contribution >= 4 is 22.9 Å². The molecule has 0 aliphatic carbocycles. The quantitative estimate of drug-likeness (QED) is 0.540. The molecule has 0 spiro atoms. The fourth-order valence-corrected chi connectivity index (χ4v) is 3.13. The molecule has 0 saturated heterocycles. The van der Waals surface area contributed by atoms with Gasteiger partial charge in [0.15, 0.2) is 11.6 Å². The molecule has 0 saturated carbocycles. The number of rotatable bonds is 3. The number of hydrogen-bond acceptors (Lipinski definition) is 4. The van der Waals surface area contributed by atoms with E-state index in [4.69, 9.17) is 5.14 Å². The Morgan fingerprint density at radius 1 is 1.04 bits per heavy atom. The number of aromatic amines is 1. The van der Waals surface area contributed by atoms with Crippen molar-refractivity contribution in [2.45, 2.75) is 4.90 Å². The number of halogens is 2. The molecule has 0 aliphatic heterocycles. The van der Waals surface area contributed by atoms with E-state index in [0.717, 1.165) is 33.7 Å². The fourth-order valence-electron chi connectivity index (χ4n) is 2.83. The largest absolute Gasteiger partial charge is 0.328 e. The number of nitrogens with one attached hydrogen (secondary N) is 1.